The second-order valence-corrected chi connectivity index (χ2v) is 5.17. The maximum atomic E-state index is 10.9. The van der Waals surface area contributed by atoms with Crippen molar-refractivity contribution in [2.75, 3.05) is 0 Å². The SMILES string of the molecule is C=C(N=Nc1ccc(=C)c(=C)c1O)c1ccc([N+](=O)[O-])cc1CC. The first-order valence-electron chi connectivity index (χ1n) is 7.23. The van der Waals surface area contributed by atoms with Crippen LogP contribution in [0.5, 0.6) is 5.75 Å². The van der Waals surface area contributed by atoms with E-state index in [-0.39, 0.29) is 17.1 Å². The fraction of sp³-hybridized carbons (Fsp3) is 0.111. The fourth-order valence-electron chi connectivity index (χ4n) is 2.18. The van der Waals surface area contributed by atoms with Crippen LogP contribution in [0.4, 0.5) is 11.4 Å². The van der Waals surface area contributed by atoms with Gasteiger partial charge in [-0.15, -0.1) is 5.11 Å². The quantitative estimate of drug-likeness (QED) is 0.519. The van der Waals surface area contributed by atoms with Crippen LogP contribution in [0.2, 0.25) is 0 Å². The molecular weight excluding hydrogens is 306 g/mol. The number of azo groups is 1. The van der Waals surface area contributed by atoms with Crippen LogP contribution in [-0.4, -0.2) is 10.0 Å². The number of aryl methyl sites for hydroxylation is 1. The first-order chi connectivity index (χ1) is 11.3. The second-order valence-electron chi connectivity index (χ2n) is 5.17. The van der Waals surface area contributed by atoms with Crippen molar-refractivity contribution in [1.82, 2.24) is 0 Å². The van der Waals surface area contributed by atoms with Gasteiger partial charge in [-0.3, -0.25) is 10.1 Å². The van der Waals surface area contributed by atoms with Crippen molar-refractivity contribution >= 4 is 30.2 Å². The van der Waals surface area contributed by atoms with E-state index in [4.69, 9.17) is 0 Å². The van der Waals surface area contributed by atoms with Crippen molar-refractivity contribution in [3.8, 4) is 5.75 Å². The van der Waals surface area contributed by atoms with E-state index in [0.29, 0.717) is 28.1 Å². The van der Waals surface area contributed by atoms with Gasteiger partial charge in [-0.1, -0.05) is 32.7 Å². The lowest BCUT2D eigenvalue weighted by Gasteiger charge is -2.06. The fourth-order valence-corrected chi connectivity index (χ4v) is 2.18. The van der Waals surface area contributed by atoms with Crippen molar-refractivity contribution in [2.45, 2.75) is 13.3 Å². The zero-order valence-electron chi connectivity index (χ0n) is 13.3. The number of aromatic hydroxyl groups is 1. The number of non-ortho nitro benzene ring substituents is 1. The van der Waals surface area contributed by atoms with Crippen molar-refractivity contribution in [3.63, 3.8) is 0 Å². The van der Waals surface area contributed by atoms with Gasteiger partial charge < -0.3 is 5.11 Å². The van der Waals surface area contributed by atoms with Crippen LogP contribution < -0.4 is 10.4 Å². The predicted molar refractivity (Wildman–Crippen MR) is 94.4 cm³/mol. The Balaban J connectivity index is 2.37. The van der Waals surface area contributed by atoms with E-state index in [1.54, 1.807) is 18.2 Å². The smallest absolute Gasteiger partial charge is 0.269 e. The Labute approximate surface area is 139 Å². The zero-order chi connectivity index (χ0) is 17.9. The number of phenolic OH excluding ortho intramolecular Hbond substituents is 1. The zero-order valence-corrected chi connectivity index (χ0v) is 13.3. The summed E-state index contributed by atoms with van der Waals surface area (Å²) in [5.74, 6) is -0.0848. The second kappa shape index (κ2) is 6.87. The molecule has 122 valence electrons. The molecule has 2 aromatic carbocycles. The minimum Gasteiger partial charge on any atom is -0.505 e. The van der Waals surface area contributed by atoms with Crippen LogP contribution in [0, 0.1) is 10.1 Å². The maximum absolute atomic E-state index is 10.9. The molecule has 0 bridgehead atoms. The molecule has 6 heteroatoms. The van der Waals surface area contributed by atoms with Crippen LogP contribution in [0.1, 0.15) is 18.1 Å². The Bertz CT molecular complexity index is 949. The summed E-state index contributed by atoms with van der Waals surface area (Å²) in [5.41, 5.74) is 2.06. The Morgan fingerprint density at radius 3 is 2.62 bits per heavy atom. The van der Waals surface area contributed by atoms with Crippen LogP contribution in [0.25, 0.3) is 18.9 Å². The lowest BCUT2D eigenvalue weighted by Crippen LogP contribution is -2.20. The Morgan fingerprint density at radius 1 is 1.29 bits per heavy atom. The van der Waals surface area contributed by atoms with Gasteiger partial charge in [0.25, 0.3) is 5.69 Å². The van der Waals surface area contributed by atoms with E-state index in [2.05, 4.69) is 30.0 Å². The minimum atomic E-state index is -0.443. The van der Waals surface area contributed by atoms with Gasteiger partial charge in [-0.05, 0) is 29.3 Å². The van der Waals surface area contributed by atoms with Gasteiger partial charge in [0.05, 0.1) is 10.6 Å². The number of nitrogens with zero attached hydrogens (tertiary/aromatic N) is 3. The minimum absolute atomic E-state index is 0.0192. The average molecular weight is 323 g/mol. The number of nitro benzene ring substituents is 1. The largest absolute Gasteiger partial charge is 0.505 e. The summed E-state index contributed by atoms with van der Waals surface area (Å²) in [5, 5.41) is 29.9. The molecule has 6 nitrogen and oxygen atoms in total. The normalized spacial score (nSPS) is 10.9. The topological polar surface area (TPSA) is 88.1 Å². The molecule has 2 aromatic rings. The monoisotopic (exact) mass is 323 g/mol. The van der Waals surface area contributed by atoms with E-state index >= 15 is 0 Å². The molecule has 0 saturated heterocycles. The third-order valence-electron chi connectivity index (χ3n) is 3.63. The molecule has 0 unspecified atom stereocenters. The van der Waals surface area contributed by atoms with Gasteiger partial charge in [0.15, 0.2) is 0 Å². The van der Waals surface area contributed by atoms with Crippen LogP contribution >= 0.6 is 0 Å². The molecule has 0 spiro atoms. The van der Waals surface area contributed by atoms with Crippen molar-refractivity contribution in [1.29, 1.82) is 0 Å². The van der Waals surface area contributed by atoms with Crippen LogP contribution in [0.3, 0.4) is 0 Å². The summed E-state index contributed by atoms with van der Waals surface area (Å²) >= 11 is 0. The molecule has 0 aromatic heterocycles. The summed E-state index contributed by atoms with van der Waals surface area (Å²) in [6.07, 6.45) is 0.593. The molecule has 2 rings (SSSR count). The third kappa shape index (κ3) is 3.38. The standard InChI is InChI=1S/C18H17N3O3/c1-5-14-10-15(21(23)24)7-8-16(14)13(4)19-20-17-9-6-11(2)12(3)18(17)22/h6-10,22H,2-5H2,1H3. The van der Waals surface area contributed by atoms with Crippen molar-refractivity contribution in [2.24, 2.45) is 10.2 Å². The lowest BCUT2D eigenvalue weighted by atomic mass is 10.0. The molecule has 0 heterocycles. The molecule has 0 fully saturated rings. The Hall–Kier alpha value is -3.28. The van der Waals surface area contributed by atoms with E-state index < -0.39 is 4.92 Å². The molecule has 0 aliphatic rings. The molecular formula is C18H17N3O3. The number of phenols is 1. The maximum Gasteiger partial charge on any atom is 0.269 e. The van der Waals surface area contributed by atoms with Gasteiger partial charge >= 0.3 is 0 Å². The molecule has 0 saturated carbocycles. The third-order valence-corrected chi connectivity index (χ3v) is 3.63. The summed E-state index contributed by atoms with van der Waals surface area (Å²) in [6, 6.07) is 7.77. The number of nitro groups is 1. The van der Waals surface area contributed by atoms with E-state index in [1.165, 1.54) is 12.1 Å². The molecule has 0 atom stereocenters. The summed E-state index contributed by atoms with van der Waals surface area (Å²) < 4.78 is 0. The summed E-state index contributed by atoms with van der Waals surface area (Å²) in [4.78, 5) is 10.4. The van der Waals surface area contributed by atoms with Gasteiger partial charge in [0, 0.05) is 22.9 Å². The van der Waals surface area contributed by atoms with Gasteiger partial charge in [0.2, 0.25) is 0 Å². The predicted octanol–water partition coefficient (Wildman–Crippen LogP) is 3.44. The first kappa shape index (κ1) is 17.1. The highest BCUT2D eigenvalue weighted by atomic mass is 16.6. The molecule has 0 aliphatic heterocycles. The Kier molecular flexibility index (Phi) is 4.89. The molecule has 24 heavy (non-hydrogen) atoms. The van der Waals surface area contributed by atoms with Gasteiger partial charge in [0.1, 0.15) is 11.4 Å². The number of hydrogen-bond donors (Lipinski definition) is 1. The Morgan fingerprint density at radius 2 is 2.00 bits per heavy atom. The summed E-state index contributed by atoms with van der Waals surface area (Å²) in [6.45, 7) is 13.2. The van der Waals surface area contributed by atoms with E-state index in [1.807, 2.05) is 6.92 Å². The molecule has 1 N–H and O–H groups in total. The van der Waals surface area contributed by atoms with Gasteiger partial charge in [-0.2, -0.15) is 5.11 Å². The van der Waals surface area contributed by atoms with Crippen LogP contribution in [0.15, 0.2) is 47.1 Å². The molecule has 0 radical (unpaired) electrons. The van der Waals surface area contributed by atoms with Crippen LogP contribution in [-0.2, 0) is 6.42 Å². The van der Waals surface area contributed by atoms with Crippen molar-refractivity contribution < 1.29 is 10.0 Å². The highest BCUT2D eigenvalue weighted by Crippen LogP contribution is 2.27. The average Bonchev–Trinajstić information content (AvgIpc) is 2.58. The summed E-state index contributed by atoms with van der Waals surface area (Å²) in [7, 11) is 0. The lowest BCUT2D eigenvalue weighted by molar-refractivity contribution is -0.384. The number of hydrogen-bond acceptors (Lipinski definition) is 5. The molecule has 0 amide bonds. The van der Waals surface area contributed by atoms with E-state index in [9.17, 15) is 15.2 Å². The first-order valence-corrected chi connectivity index (χ1v) is 7.23. The van der Waals surface area contributed by atoms with Crippen molar-refractivity contribution in [3.05, 3.63) is 68.6 Å². The molecule has 0 aliphatic carbocycles. The highest BCUT2D eigenvalue weighted by Gasteiger charge is 2.11. The highest BCUT2D eigenvalue weighted by molar-refractivity contribution is 5.67. The number of benzene rings is 2. The number of rotatable bonds is 5. The van der Waals surface area contributed by atoms with Gasteiger partial charge in [-0.25, -0.2) is 0 Å². The van der Waals surface area contributed by atoms with E-state index in [0.717, 1.165) is 5.56 Å².